The van der Waals surface area contributed by atoms with Crippen LogP contribution in [-0.2, 0) is 16.0 Å². The van der Waals surface area contributed by atoms with Crippen molar-refractivity contribution >= 4 is 5.97 Å². The molecule has 0 saturated heterocycles. The zero-order valence-corrected chi connectivity index (χ0v) is 9.19. The molecule has 0 unspecified atom stereocenters. The number of esters is 1. The third kappa shape index (κ3) is 3.72. The topological polar surface area (TPSA) is 38.3 Å². The fourth-order valence-corrected chi connectivity index (χ4v) is 1.48. The molecule has 0 bridgehead atoms. The minimum Gasteiger partial charge on any atom is -0.468 e. The van der Waals surface area contributed by atoms with Gasteiger partial charge >= 0.3 is 5.97 Å². The van der Waals surface area contributed by atoms with Crippen LogP contribution >= 0.6 is 0 Å². The van der Waals surface area contributed by atoms with E-state index < -0.39 is 0 Å². The highest BCUT2D eigenvalue weighted by Gasteiger charge is 2.17. The second kappa shape index (κ2) is 6.19. The van der Waals surface area contributed by atoms with Gasteiger partial charge in [0.1, 0.15) is 6.04 Å². The first-order valence-electron chi connectivity index (χ1n) is 5.13. The van der Waals surface area contributed by atoms with Crippen LogP contribution in [0.2, 0.25) is 0 Å². The van der Waals surface area contributed by atoms with Crippen molar-refractivity contribution in [3.05, 3.63) is 35.9 Å². The summed E-state index contributed by atoms with van der Waals surface area (Å²) in [7, 11) is 1.41. The van der Waals surface area contributed by atoms with Gasteiger partial charge in [-0.25, -0.2) is 0 Å². The molecule has 0 aliphatic carbocycles. The van der Waals surface area contributed by atoms with Crippen LogP contribution in [0.25, 0.3) is 0 Å². The second-order valence-electron chi connectivity index (χ2n) is 3.32. The van der Waals surface area contributed by atoms with Gasteiger partial charge in [-0.2, -0.15) is 0 Å². The standard InChI is InChI=1S/C12H17NO2/c1-3-13-11(12(14)15-2)9-10-7-5-4-6-8-10/h4-8,11,13H,3,9H2,1-2H3/t11-/m0/s1. The molecule has 0 amide bonds. The third-order valence-electron chi connectivity index (χ3n) is 2.22. The van der Waals surface area contributed by atoms with Gasteiger partial charge in [-0.3, -0.25) is 4.79 Å². The Balaban J connectivity index is 2.62. The van der Waals surface area contributed by atoms with Crippen molar-refractivity contribution in [1.29, 1.82) is 0 Å². The molecule has 0 spiro atoms. The van der Waals surface area contributed by atoms with Gasteiger partial charge in [-0.15, -0.1) is 0 Å². The number of hydrogen-bond acceptors (Lipinski definition) is 3. The van der Waals surface area contributed by atoms with Gasteiger partial charge in [-0.1, -0.05) is 37.3 Å². The van der Waals surface area contributed by atoms with Gasteiger partial charge in [0.25, 0.3) is 0 Å². The van der Waals surface area contributed by atoms with Crippen molar-refractivity contribution in [2.24, 2.45) is 0 Å². The number of ether oxygens (including phenoxy) is 1. The summed E-state index contributed by atoms with van der Waals surface area (Å²) in [4.78, 5) is 11.4. The van der Waals surface area contributed by atoms with Crippen LogP contribution in [0.15, 0.2) is 30.3 Å². The van der Waals surface area contributed by atoms with E-state index in [0.717, 1.165) is 12.1 Å². The molecule has 0 saturated carbocycles. The summed E-state index contributed by atoms with van der Waals surface area (Å²) in [6.07, 6.45) is 0.668. The molecule has 1 rings (SSSR count). The Morgan fingerprint density at radius 3 is 2.60 bits per heavy atom. The average molecular weight is 207 g/mol. The Morgan fingerprint density at radius 1 is 1.40 bits per heavy atom. The van der Waals surface area contributed by atoms with Crippen molar-refractivity contribution in [3.63, 3.8) is 0 Å². The SMILES string of the molecule is CCN[C@@H](Cc1ccccc1)C(=O)OC. The molecule has 0 aliphatic heterocycles. The largest absolute Gasteiger partial charge is 0.468 e. The highest BCUT2D eigenvalue weighted by atomic mass is 16.5. The first-order chi connectivity index (χ1) is 7.27. The number of carbonyl (C=O) groups excluding carboxylic acids is 1. The quantitative estimate of drug-likeness (QED) is 0.741. The number of rotatable bonds is 5. The van der Waals surface area contributed by atoms with Crippen molar-refractivity contribution in [2.45, 2.75) is 19.4 Å². The lowest BCUT2D eigenvalue weighted by atomic mass is 10.1. The molecule has 1 aromatic carbocycles. The van der Waals surface area contributed by atoms with Crippen LogP contribution < -0.4 is 5.32 Å². The van der Waals surface area contributed by atoms with Crippen molar-refractivity contribution in [3.8, 4) is 0 Å². The van der Waals surface area contributed by atoms with Crippen LogP contribution in [0.4, 0.5) is 0 Å². The van der Waals surface area contributed by atoms with E-state index in [1.165, 1.54) is 7.11 Å². The number of carbonyl (C=O) groups is 1. The van der Waals surface area contributed by atoms with E-state index in [0.29, 0.717) is 6.42 Å². The molecule has 1 atom stereocenters. The molecular weight excluding hydrogens is 190 g/mol. The van der Waals surface area contributed by atoms with Crippen LogP contribution in [-0.4, -0.2) is 25.7 Å². The number of benzene rings is 1. The Morgan fingerprint density at radius 2 is 2.07 bits per heavy atom. The first kappa shape index (κ1) is 11.7. The molecule has 82 valence electrons. The number of nitrogens with one attached hydrogen (secondary N) is 1. The lowest BCUT2D eigenvalue weighted by Crippen LogP contribution is -2.39. The van der Waals surface area contributed by atoms with Crippen molar-refractivity contribution in [1.82, 2.24) is 5.32 Å². The maximum Gasteiger partial charge on any atom is 0.323 e. The minimum atomic E-state index is -0.248. The lowest BCUT2D eigenvalue weighted by molar-refractivity contribution is -0.143. The molecule has 0 fully saturated rings. The van der Waals surface area contributed by atoms with E-state index in [1.54, 1.807) is 0 Å². The second-order valence-corrected chi connectivity index (χ2v) is 3.32. The third-order valence-corrected chi connectivity index (χ3v) is 2.22. The minimum absolute atomic E-state index is 0.208. The maximum absolute atomic E-state index is 11.4. The monoisotopic (exact) mass is 207 g/mol. The number of likely N-dealkylation sites (N-methyl/N-ethyl adjacent to an activating group) is 1. The van der Waals surface area contributed by atoms with E-state index in [2.05, 4.69) is 5.32 Å². The summed E-state index contributed by atoms with van der Waals surface area (Å²) in [5, 5.41) is 3.11. The molecule has 0 aromatic heterocycles. The first-order valence-corrected chi connectivity index (χ1v) is 5.13. The fourth-order valence-electron chi connectivity index (χ4n) is 1.48. The fraction of sp³-hybridized carbons (Fsp3) is 0.417. The van der Waals surface area contributed by atoms with Gasteiger partial charge in [-0.05, 0) is 18.5 Å². The predicted octanol–water partition coefficient (Wildman–Crippen LogP) is 1.38. The molecule has 3 heteroatoms. The smallest absolute Gasteiger partial charge is 0.323 e. The van der Waals surface area contributed by atoms with Gasteiger partial charge in [0.05, 0.1) is 7.11 Å². The van der Waals surface area contributed by atoms with E-state index in [1.807, 2.05) is 37.3 Å². The average Bonchev–Trinajstić information content (AvgIpc) is 2.29. The molecule has 1 aromatic rings. The van der Waals surface area contributed by atoms with Crippen molar-refractivity contribution in [2.75, 3.05) is 13.7 Å². The van der Waals surface area contributed by atoms with Gasteiger partial charge in [0.2, 0.25) is 0 Å². The number of methoxy groups -OCH3 is 1. The zero-order chi connectivity index (χ0) is 11.1. The molecule has 0 radical (unpaired) electrons. The molecular formula is C12H17NO2. The molecule has 0 heterocycles. The Labute approximate surface area is 90.4 Å². The Kier molecular flexibility index (Phi) is 4.84. The van der Waals surface area contributed by atoms with E-state index in [-0.39, 0.29) is 12.0 Å². The summed E-state index contributed by atoms with van der Waals surface area (Å²) in [6, 6.07) is 9.66. The summed E-state index contributed by atoms with van der Waals surface area (Å²) in [5.74, 6) is -0.208. The normalized spacial score (nSPS) is 12.1. The van der Waals surface area contributed by atoms with E-state index in [9.17, 15) is 4.79 Å². The molecule has 15 heavy (non-hydrogen) atoms. The molecule has 1 N–H and O–H groups in total. The molecule has 3 nitrogen and oxygen atoms in total. The zero-order valence-electron chi connectivity index (χ0n) is 9.19. The van der Waals surface area contributed by atoms with Crippen LogP contribution in [0.5, 0.6) is 0 Å². The predicted molar refractivity (Wildman–Crippen MR) is 59.6 cm³/mol. The Bertz CT molecular complexity index is 298. The van der Waals surface area contributed by atoms with E-state index in [4.69, 9.17) is 4.74 Å². The van der Waals surface area contributed by atoms with E-state index >= 15 is 0 Å². The lowest BCUT2D eigenvalue weighted by Gasteiger charge is -2.15. The van der Waals surface area contributed by atoms with Crippen LogP contribution in [0.1, 0.15) is 12.5 Å². The Hall–Kier alpha value is -1.35. The number of hydrogen-bond donors (Lipinski definition) is 1. The summed E-state index contributed by atoms with van der Waals surface area (Å²) >= 11 is 0. The maximum atomic E-state index is 11.4. The van der Waals surface area contributed by atoms with Gasteiger partial charge in [0, 0.05) is 0 Å². The highest BCUT2D eigenvalue weighted by Crippen LogP contribution is 2.04. The molecule has 0 aliphatic rings. The van der Waals surface area contributed by atoms with Crippen molar-refractivity contribution < 1.29 is 9.53 Å². The van der Waals surface area contributed by atoms with Gasteiger partial charge < -0.3 is 10.1 Å². The highest BCUT2D eigenvalue weighted by molar-refractivity contribution is 5.76. The summed E-state index contributed by atoms with van der Waals surface area (Å²) < 4.78 is 4.74. The van der Waals surface area contributed by atoms with Crippen LogP contribution in [0.3, 0.4) is 0 Å². The summed E-state index contributed by atoms with van der Waals surface area (Å²) in [5.41, 5.74) is 1.13. The van der Waals surface area contributed by atoms with Crippen LogP contribution in [0, 0.1) is 0 Å². The summed E-state index contributed by atoms with van der Waals surface area (Å²) in [6.45, 7) is 2.73. The van der Waals surface area contributed by atoms with Gasteiger partial charge in [0.15, 0.2) is 0 Å².